The van der Waals surface area contributed by atoms with Crippen LogP contribution in [0.1, 0.15) is 36.6 Å². The van der Waals surface area contributed by atoms with Gasteiger partial charge in [-0.05, 0) is 44.0 Å². The third-order valence-corrected chi connectivity index (χ3v) is 6.19. The topological polar surface area (TPSA) is 63.4 Å². The average molecular weight is 431 g/mol. The van der Waals surface area contributed by atoms with Gasteiger partial charge in [0.2, 0.25) is 0 Å². The van der Waals surface area contributed by atoms with Crippen LogP contribution in [0.5, 0.6) is 5.75 Å². The van der Waals surface area contributed by atoms with Crippen molar-refractivity contribution in [1.82, 2.24) is 9.88 Å². The van der Waals surface area contributed by atoms with Gasteiger partial charge in [0.15, 0.2) is 0 Å². The van der Waals surface area contributed by atoms with Gasteiger partial charge in [-0.15, -0.1) is 6.58 Å². The zero-order valence-corrected chi connectivity index (χ0v) is 19.0. The van der Waals surface area contributed by atoms with Gasteiger partial charge in [-0.25, -0.2) is 4.98 Å². The van der Waals surface area contributed by atoms with Crippen LogP contribution in [0.15, 0.2) is 67.3 Å². The highest BCUT2D eigenvalue weighted by molar-refractivity contribution is 5.95. The number of likely N-dealkylation sites (tertiary alicyclic amines) is 1. The lowest BCUT2D eigenvalue weighted by atomic mass is 9.90. The molecule has 1 aliphatic heterocycles. The largest absolute Gasteiger partial charge is 0.490 e. The Labute approximate surface area is 191 Å². The van der Waals surface area contributed by atoms with E-state index in [1.807, 2.05) is 25.1 Å². The first-order chi connectivity index (χ1) is 15.7. The fourth-order valence-electron chi connectivity index (χ4n) is 4.77. The van der Waals surface area contributed by atoms with Crippen molar-refractivity contribution in [2.45, 2.75) is 38.3 Å². The predicted molar refractivity (Wildman–Crippen MR) is 133 cm³/mol. The minimum atomic E-state index is 0.162. The van der Waals surface area contributed by atoms with E-state index in [1.54, 1.807) is 0 Å². The Kier molecular flexibility index (Phi) is 7.40. The molecule has 3 aromatic rings. The van der Waals surface area contributed by atoms with E-state index in [4.69, 9.17) is 15.5 Å². The number of aromatic nitrogens is 1. The van der Waals surface area contributed by atoms with Gasteiger partial charge in [-0.1, -0.05) is 55.0 Å². The van der Waals surface area contributed by atoms with Crippen molar-refractivity contribution < 1.29 is 4.74 Å². The van der Waals surface area contributed by atoms with Gasteiger partial charge in [0.05, 0.1) is 6.04 Å². The summed E-state index contributed by atoms with van der Waals surface area (Å²) in [5.41, 5.74) is 9.88. The van der Waals surface area contributed by atoms with Crippen molar-refractivity contribution >= 4 is 16.6 Å². The quantitative estimate of drug-likeness (QED) is 0.464. The molecule has 4 rings (SSSR count). The minimum Gasteiger partial charge on any atom is -0.490 e. The van der Waals surface area contributed by atoms with Crippen molar-refractivity contribution in [2.75, 3.05) is 31.6 Å². The van der Waals surface area contributed by atoms with Crippen LogP contribution in [0, 0.1) is 6.92 Å². The summed E-state index contributed by atoms with van der Waals surface area (Å²) in [6.45, 7) is 9.00. The van der Waals surface area contributed by atoms with Crippen molar-refractivity contribution in [1.29, 1.82) is 0 Å². The van der Waals surface area contributed by atoms with Crippen LogP contribution in [0.2, 0.25) is 0 Å². The molecule has 2 aromatic carbocycles. The number of aryl methyl sites for hydroxylation is 1. The molecule has 0 aliphatic carbocycles. The number of piperidine rings is 1. The van der Waals surface area contributed by atoms with Crippen LogP contribution in [0.25, 0.3) is 10.9 Å². The highest BCUT2D eigenvalue weighted by atomic mass is 16.5. The highest BCUT2D eigenvalue weighted by Gasteiger charge is 2.31. The van der Waals surface area contributed by atoms with Crippen LogP contribution in [-0.2, 0) is 0 Å². The molecule has 2 atom stereocenters. The number of benzene rings is 2. The molecule has 5 heteroatoms. The molecule has 168 valence electrons. The number of pyridine rings is 1. The zero-order valence-electron chi connectivity index (χ0n) is 19.0. The Balaban J connectivity index is 1.76. The van der Waals surface area contributed by atoms with Crippen LogP contribution in [-0.4, -0.2) is 42.2 Å². The molecule has 2 heterocycles. The molecule has 1 aliphatic rings. The Hall–Kier alpha value is -2.89. The number of para-hydroxylation sites is 1. The SMILES string of the molecule is C=CCN1CCCCC1C(Nc1cc(C)nc2c(OCCN)cccc12)c1ccccc1. The third kappa shape index (κ3) is 4.95. The lowest BCUT2D eigenvalue weighted by Crippen LogP contribution is -2.45. The zero-order chi connectivity index (χ0) is 22.3. The molecule has 0 bridgehead atoms. The normalized spacial score (nSPS) is 17.8. The van der Waals surface area contributed by atoms with Crippen LogP contribution >= 0.6 is 0 Å². The summed E-state index contributed by atoms with van der Waals surface area (Å²) in [5.74, 6) is 0.780. The van der Waals surface area contributed by atoms with E-state index < -0.39 is 0 Å². The van der Waals surface area contributed by atoms with Crippen LogP contribution in [0.3, 0.4) is 0 Å². The molecule has 5 nitrogen and oxygen atoms in total. The Bertz CT molecular complexity index is 1040. The lowest BCUT2D eigenvalue weighted by molar-refractivity contribution is 0.147. The maximum Gasteiger partial charge on any atom is 0.145 e. The third-order valence-electron chi connectivity index (χ3n) is 6.19. The molecule has 0 spiro atoms. The van der Waals surface area contributed by atoms with Gasteiger partial charge < -0.3 is 15.8 Å². The van der Waals surface area contributed by atoms with Gasteiger partial charge in [-0.3, -0.25) is 4.90 Å². The van der Waals surface area contributed by atoms with Gasteiger partial charge in [-0.2, -0.15) is 0 Å². The van der Waals surface area contributed by atoms with Crippen LogP contribution < -0.4 is 15.8 Å². The number of nitrogens with two attached hydrogens (primary N) is 1. The predicted octanol–water partition coefficient (Wildman–Crippen LogP) is 5.07. The Morgan fingerprint density at radius 1 is 1.22 bits per heavy atom. The Morgan fingerprint density at radius 2 is 2.06 bits per heavy atom. The van der Waals surface area contributed by atoms with E-state index in [0.717, 1.165) is 47.5 Å². The van der Waals surface area contributed by atoms with Crippen molar-refractivity contribution in [2.24, 2.45) is 5.73 Å². The van der Waals surface area contributed by atoms with E-state index in [1.165, 1.54) is 18.4 Å². The average Bonchev–Trinajstić information content (AvgIpc) is 2.82. The van der Waals surface area contributed by atoms with Crippen LogP contribution in [0.4, 0.5) is 5.69 Å². The number of rotatable bonds is 9. The second kappa shape index (κ2) is 10.6. The van der Waals surface area contributed by atoms with E-state index in [-0.39, 0.29) is 6.04 Å². The van der Waals surface area contributed by atoms with Crippen molar-refractivity contribution in [3.05, 3.63) is 78.5 Å². The summed E-state index contributed by atoms with van der Waals surface area (Å²) in [4.78, 5) is 7.36. The molecule has 1 saturated heterocycles. The summed E-state index contributed by atoms with van der Waals surface area (Å²) in [7, 11) is 0. The maximum atomic E-state index is 5.90. The monoisotopic (exact) mass is 430 g/mol. The number of nitrogens with one attached hydrogen (secondary N) is 1. The fourth-order valence-corrected chi connectivity index (χ4v) is 4.77. The molecule has 1 fully saturated rings. The summed E-state index contributed by atoms with van der Waals surface area (Å²) in [5, 5.41) is 4.99. The molecule has 32 heavy (non-hydrogen) atoms. The maximum absolute atomic E-state index is 5.90. The van der Waals surface area contributed by atoms with Crippen molar-refractivity contribution in [3.63, 3.8) is 0 Å². The van der Waals surface area contributed by atoms with E-state index in [9.17, 15) is 0 Å². The number of hydrogen-bond donors (Lipinski definition) is 2. The van der Waals surface area contributed by atoms with E-state index >= 15 is 0 Å². The number of ether oxygens (including phenoxy) is 1. The highest BCUT2D eigenvalue weighted by Crippen LogP contribution is 2.36. The first kappa shape index (κ1) is 22.3. The molecule has 0 saturated carbocycles. The second-order valence-corrected chi connectivity index (χ2v) is 8.48. The second-order valence-electron chi connectivity index (χ2n) is 8.48. The first-order valence-corrected chi connectivity index (χ1v) is 11.6. The van der Waals surface area contributed by atoms with Gasteiger partial charge in [0.25, 0.3) is 0 Å². The summed E-state index contributed by atoms with van der Waals surface area (Å²) in [6, 6.07) is 19.6. The number of nitrogens with zero attached hydrogens (tertiary/aromatic N) is 2. The van der Waals surface area contributed by atoms with Gasteiger partial charge in [0.1, 0.15) is 17.9 Å². The van der Waals surface area contributed by atoms with E-state index in [2.05, 4.69) is 59.3 Å². The van der Waals surface area contributed by atoms with Gasteiger partial charge >= 0.3 is 0 Å². The molecule has 3 N–H and O–H groups in total. The minimum absolute atomic E-state index is 0.162. The smallest absolute Gasteiger partial charge is 0.145 e. The Morgan fingerprint density at radius 3 is 2.84 bits per heavy atom. The van der Waals surface area contributed by atoms with Crippen molar-refractivity contribution in [3.8, 4) is 5.75 Å². The van der Waals surface area contributed by atoms with Gasteiger partial charge in [0, 0.05) is 35.9 Å². The van der Waals surface area contributed by atoms with E-state index in [0.29, 0.717) is 19.2 Å². The summed E-state index contributed by atoms with van der Waals surface area (Å²) < 4.78 is 5.90. The molecular formula is C27H34N4O. The molecule has 0 amide bonds. The first-order valence-electron chi connectivity index (χ1n) is 11.6. The fraction of sp³-hybridized carbons (Fsp3) is 0.370. The molecule has 1 aromatic heterocycles. The molecular weight excluding hydrogens is 396 g/mol. The number of hydrogen-bond acceptors (Lipinski definition) is 5. The number of fused-ring (bicyclic) bond motifs is 1. The molecule has 0 radical (unpaired) electrons. The molecule has 2 unspecified atom stereocenters. The lowest BCUT2D eigenvalue weighted by Gasteiger charge is -2.41. The number of anilines is 1. The summed E-state index contributed by atoms with van der Waals surface area (Å²) >= 11 is 0. The standard InChI is InChI=1S/C27H34N4O/c1-3-16-31-17-8-7-13-24(31)26(21-10-5-4-6-11-21)30-23-19-20(2)29-27-22(23)12-9-14-25(27)32-18-15-28/h3-6,9-12,14,19,24,26H,1,7-8,13,15-18,28H2,2H3,(H,29,30). The summed E-state index contributed by atoms with van der Waals surface area (Å²) in [6.07, 6.45) is 5.67.